The molecule has 1 aromatic heterocycles. The number of ketones is 1. The maximum Gasteiger partial charge on any atom is 0.176 e. The minimum atomic E-state index is 0.155. The van der Waals surface area contributed by atoms with E-state index >= 15 is 0 Å². The Morgan fingerprint density at radius 3 is 2.95 bits per heavy atom. The zero-order valence-electron chi connectivity index (χ0n) is 11.7. The summed E-state index contributed by atoms with van der Waals surface area (Å²) in [5, 5.41) is 4.39. The van der Waals surface area contributed by atoms with E-state index in [2.05, 4.69) is 15.2 Å². The maximum atomic E-state index is 12.1. The topological polar surface area (TPSA) is 48.1 Å². The van der Waals surface area contributed by atoms with Crippen LogP contribution in [0.15, 0.2) is 30.5 Å². The average Bonchev–Trinajstić information content (AvgIpc) is 3.13. The highest BCUT2D eigenvalue weighted by Gasteiger charge is 2.11. The largest absolute Gasteiger partial charge is 0.361 e. The fourth-order valence-electron chi connectivity index (χ4n) is 2.77. The monoisotopic (exact) mass is 271 g/mol. The van der Waals surface area contributed by atoms with Crippen molar-refractivity contribution < 1.29 is 4.79 Å². The molecular formula is C16H21N3O. The van der Waals surface area contributed by atoms with Gasteiger partial charge in [0.2, 0.25) is 0 Å². The predicted octanol–water partition coefficient (Wildman–Crippen LogP) is 2.04. The molecule has 0 atom stereocenters. The van der Waals surface area contributed by atoms with Crippen LogP contribution in [0.1, 0.15) is 23.2 Å². The second-order valence-electron chi connectivity index (χ2n) is 5.43. The molecule has 2 aromatic rings. The van der Waals surface area contributed by atoms with Crippen LogP contribution in [-0.4, -0.2) is 48.4 Å². The summed E-state index contributed by atoms with van der Waals surface area (Å²) in [5.41, 5.74) is 1.79. The third-order valence-corrected chi connectivity index (χ3v) is 3.97. The van der Waals surface area contributed by atoms with Gasteiger partial charge in [0.05, 0.1) is 6.54 Å². The molecule has 0 aliphatic carbocycles. The van der Waals surface area contributed by atoms with Gasteiger partial charge in [-0.2, -0.15) is 0 Å². The molecule has 1 aromatic carbocycles. The van der Waals surface area contributed by atoms with Gasteiger partial charge in [0, 0.05) is 30.4 Å². The van der Waals surface area contributed by atoms with Crippen molar-refractivity contribution in [3.8, 4) is 0 Å². The van der Waals surface area contributed by atoms with Gasteiger partial charge in [-0.25, -0.2) is 0 Å². The van der Waals surface area contributed by atoms with Crippen LogP contribution in [0.25, 0.3) is 10.9 Å². The number of likely N-dealkylation sites (tertiary alicyclic amines) is 1. The van der Waals surface area contributed by atoms with Gasteiger partial charge in [0.25, 0.3) is 0 Å². The van der Waals surface area contributed by atoms with Gasteiger partial charge in [-0.1, -0.05) is 12.1 Å². The Bertz CT molecular complexity index is 584. The van der Waals surface area contributed by atoms with Crippen molar-refractivity contribution in [2.45, 2.75) is 12.8 Å². The molecule has 0 radical (unpaired) electrons. The molecule has 2 N–H and O–H groups in total. The van der Waals surface area contributed by atoms with Crippen LogP contribution >= 0.6 is 0 Å². The van der Waals surface area contributed by atoms with Crippen molar-refractivity contribution in [3.63, 3.8) is 0 Å². The minimum absolute atomic E-state index is 0.155. The third-order valence-electron chi connectivity index (χ3n) is 3.97. The third kappa shape index (κ3) is 3.08. The zero-order chi connectivity index (χ0) is 13.8. The molecule has 4 nitrogen and oxygen atoms in total. The van der Waals surface area contributed by atoms with E-state index in [4.69, 9.17) is 0 Å². The van der Waals surface area contributed by atoms with Crippen LogP contribution in [0.5, 0.6) is 0 Å². The Kier molecular flexibility index (Phi) is 4.14. The lowest BCUT2D eigenvalue weighted by atomic mass is 10.1. The molecule has 0 bridgehead atoms. The lowest BCUT2D eigenvalue weighted by Gasteiger charge is -2.14. The molecule has 1 fully saturated rings. The molecule has 2 heterocycles. The summed E-state index contributed by atoms with van der Waals surface area (Å²) >= 11 is 0. The van der Waals surface area contributed by atoms with E-state index < -0.39 is 0 Å². The quantitative estimate of drug-likeness (QED) is 0.624. The average molecular weight is 271 g/mol. The Hall–Kier alpha value is -1.65. The van der Waals surface area contributed by atoms with E-state index in [1.54, 1.807) is 0 Å². The standard InChI is InChI=1S/C16H21N3O/c20-16(12-17-7-10-19-8-1-2-9-19)14-4-3-13-5-6-18-15(13)11-14/h3-6,11,17-18H,1-2,7-10,12H2. The van der Waals surface area contributed by atoms with Gasteiger partial charge in [-0.15, -0.1) is 0 Å². The summed E-state index contributed by atoms with van der Waals surface area (Å²) in [6, 6.07) is 7.83. The second kappa shape index (κ2) is 6.20. The molecule has 1 aliphatic heterocycles. The highest BCUT2D eigenvalue weighted by molar-refractivity contribution is 6.00. The molecule has 3 rings (SSSR count). The first-order valence-corrected chi connectivity index (χ1v) is 7.36. The predicted molar refractivity (Wildman–Crippen MR) is 81.2 cm³/mol. The fraction of sp³-hybridized carbons (Fsp3) is 0.438. The van der Waals surface area contributed by atoms with E-state index in [0.29, 0.717) is 6.54 Å². The van der Waals surface area contributed by atoms with Crippen molar-refractivity contribution in [2.24, 2.45) is 0 Å². The molecule has 0 unspecified atom stereocenters. The van der Waals surface area contributed by atoms with Crippen LogP contribution in [0, 0.1) is 0 Å². The van der Waals surface area contributed by atoms with Gasteiger partial charge in [0.1, 0.15) is 0 Å². The number of hydrogen-bond acceptors (Lipinski definition) is 3. The Labute approximate surface area is 119 Å². The highest BCUT2D eigenvalue weighted by Crippen LogP contribution is 2.14. The number of nitrogens with zero attached hydrogens (tertiary/aromatic N) is 1. The van der Waals surface area contributed by atoms with Gasteiger partial charge < -0.3 is 15.2 Å². The molecule has 0 amide bonds. The summed E-state index contributed by atoms with van der Waals surface area (Å²) in [5.74, 6) is 0.155. The Balaban J connectivity index is 1.48. The maximum absolute atomic E-state index is 12.1. The van der Waals surface area contributed by atoms with Gasteiger partial charge >= 0.3 is 0 Å². The molecule has 4 heteroatoms. The first kappa shape index (κ1) is 13.3. The molecule has 1 aliphatic rings. The fourth-order valence-corrected chi connectivity index (χ4v) is 2.77. The highest BCUT2D eigenvalue weighted by atomic mass is 16.1. The van der Waals surface area contributed by atoms with Crippen molar-refractivity contribution in [1.82, 2.24) is 15.2 Å². The smallest absolute Gasteiger partial charge is 0.176 e. The summed E-state index contributed by atoms with van der Waals surface area (Å²) in [7, 11) is 0. The summed E-state index contributed by atoms with van der Waals surface area (Å²) < 4.78 is 0. The van der Waals surface area contributed by atoms with Crippen molar-refractivity contribution >= 4 is 16.7 Å². The van der Waals surface area contributed by atoms with Gasteiger partial charge in [-0.3, -0.25) is 4.79 Å². The zero-order valence-corrected chi connectivity index (χ0v) is 11.7. The molecular weight excluding hydrogens is 250 g/mol. The molecule has 0 spiro atoms. The number of H-pyrrole nitrogens is 1. The van der Waals surface area contributed by atoms with Crippen molar-refractivity contribution in [1.29, 1.82) is 0 Å². The first-order chi connectivity index (χ1) is 9.83. The van der Waals surface area contributed by atoms with E-state index in [-0.39, 0.29) is 5.78 Å². The van der Waals surface area contributed by atoms with E-state index in [0.717, 1.165) is 29.6 Å². The van der Waals surface area contributed by atoms with E-state index in [1.165, 1.54) is 25.9 Å². The van der Waals surface area contributed by atoms with Crippen LogP contribution < -0.4 is 5.32 Å². The van der Waals surface area contributed by atoms with Crippen LogP contribution in [-0.2, 0) is 0 Å². The summed E-state index contributed by atoms with van der Waals surface area (Å²) in [4.78, 5) is 17.7. The van der Waals surface area contributed by atoms with E-state index in [1.807, 2.05) is 30.5 Å². The number of fused-ring (bicyclic) bond motifs is 1. The lowest BCUT2D eigenvalue weighted by Crippen LogP contribution is -2.32. The van der Waals surface area contributed by atoms with Crippen LogP contribution in [0.2, 0.25) is 0 Å². The van der Waals surface area contributed by atoms with Crippen molar-refractivity contribution in [3.05, 3.63) is 36.0 Å². The molecule has 1 saturated heterocycles. The number of hydrogen-bond donors (Lipinski definition) is 2. The van der Waals surface area contributed by atoms with Crippen molar-refractivity contribution in [2.75, 3.05) is 32.7 Å². The number of aromatic nitrogens is 1. The number of rotatable bonds is 6. The summed E-state index contributed by atoms with van der Waals surface area (Å²) in [6.07, 6.45) is 4.53. The second-order valence-corrected chi connectivity index (χ2v) is 5.43. The normalized spacial score (nSPS) is 16.0. The van der Waals surface area contributed by atoms with Crippen LogP contribution in [0.3, 0.4) is 0 Å². The number of aromatic amines is 1. The number of carbonyl (C=O) groups excluding carboxylic acids is 1. The van der Waals surface area contributed by atoms with Gasteiger partial charge in [-0.05, 0) is 43.5 Å². The number of Topliss-reactive ketones (excluding diaryl/α,β-unsaturated/α-hetero) is 1. The minimum Gasteiger partial charge on any atom is -0.361 e. The number of carbonyl (C=O) groups is 1. The van der Waals surface area contributed by atoms with Gasteiger partial charge in [0.15, 0.2) is 5.78 Å². The Morgan fingerprint density at radius 2 is 2.10 bits per heavy atom. The summed E-state index contributed by atoms with van der Waals surface area (Å²) in [6.45, 7) is 4.76. The Morgan fingerprint density at radius 1 is 1.25 bits per heavy atom. The SMILES string of the molecule is O=C(CNCCN1CCCC1)c1ccc2cc[nH]c2c1. The molecule has 106 valence electrons. The lowest BCUT2D eigenvalue weighted by molar-refractivity contribution is 0.0990. The first-order valence-electron chi connectivity index (χ1n) is 7.36. The van der Waals surface area contributed by atoms with Crippen LogP contribution in [0.4, 0.5) is 0 Å². The molecule has 0 saturated carbocycles. The van der Waals surface area contributed by atoms with E-state index in [9.17, 15) is 4.79 Å². The number of benzene rings is 1. The number of nitrogens with one attached hydrogen (secondary N) is 2. The molecule has 20 heavy (non-hydrogen) atoms.